The number of carboxylic acids is 1. The van der Waals surface area contributed by atoms with E-state index in [0.29, 0.717) is 6.54 Å². The van der Waals surface area contributed by atoms with Gasteiger partial charge in [0.2, 0.25) is 0 Å². The largest absolute Gasteiger partial charge is 0.478 e. The molecule has 1 aromatic rings. The fraction of sp³-hybridized carbons (Fsp3) is 0.562. The summed E-state index contributed by atoms with van der Waals surface area (Å²) in [5, 5.41) is 9.04. The minimum absolute atomic E-state index is 0.108. The third kappa shape index (κ3) is 3.11. The van der Waals surface area contributed by atoms with E-state index in [9.17, 15) is 9.59 Å². The van der Waals surface area contributed by atoms with E-state index in [-0.39, 0.29) is 21.9 Å². The maximum Gasteiger partial charge on any atom is 0.335 e. The second kappa shape index (κ2) is 6.28. The molecule has 1 aromatic heterocycles. The highest BCUT2D eigenvalue weighted by atomic mass is 32.2. The number of hydrogen-bond donors (Lipinski definition) is 1. The number of rotatable bonds is 2. The maximum absolute atomic E-state index is 12.7. The summed E-state index contributed by atoms with van der Waals surface area (Å²) in [5.74, 6) is -0.229. The van der Waals surface area contributed by atoms with Crippen LogP contribution in [0, 0.1) is 0 Å². The van der Waals surface area contributed by atoms with Crippen LogP contribution in [0.4, 0.5) is 0 Å². The average molecular weight is 320 g/mol. The summed E-state index contributed by atoms with van der Waals surface area (Å²) < 4.78 is 0.205. The van der Waals surface area contributed by atoms with Crippen molar-refractivity contribution >= 4 is 23.6 Å². The zero-order valence-corrected chi connectivity index (χ0v) is 13.3. The number of pyridine rings is 1. The monoisotopic (exact) mass is 320 g/mol. The summed E-state index contributed by atoms with van der Waals surface area (Å²) in [6.45, 7) is 1.47. The number of nitrogens with zero attached hydrogens (tertiary/aromatic N) is 2. The molecule has 0 unspecified atom stereocenters. The highest BCUT2D eigenvalue weighted by Crippen LogP contribution is 2.42. The zero-order chi connectivity index (χ0) is 15.6. The lowest BCUT2D eigenvalue weighted by Crippen LogP contribution is -2.50. The van der Waals surface area contributed by atoms with Crippen molar-refractivity contribution in [3.8, 4) is 0 Å². The number of aromatic carboxylic acids is 1. The van der Waals surface area contributed by atoms with Gasteiger partial charge in [0, 0.05) is 29.8 Å². The SMILES string of the molecule is O=C(O)c1ccnc(C(=O)N2CCSC3(CCCCC3)C2)c1. The summed E-state index contributed by atoms with van der Waals surface area (Å²) in [6.07, 6.45) is 7.50. The van der Waals surface area contributed by atoms with Gasteiger partial charge in [0.05, 0.1) is 5.56 Å². The molecule has 1 N–H and O–H groups in total. The van der Waals surface area contributed by atoms with E-state index >= 15 is 0 Å². The third-order valence-electron chi connectivity index (χ3n) is 4.53. The molecule has 118 valence electrons. The van der Waals surface area contributed by atoms with Crippen LogP contribution in [0.5, 0.6) is 0 Å². The number of carboxylic acid groups (broad SMARTS) is 1. The van der Waals surface area contributed by atoms with Gasteiger partial charge in [-0.25, -0.2) is 4.79 Å². The Morgan fingerprint density at radius 3 is 2.77 bits per heavy atom. The number of aromatic nitrogens is 1. The Bertz CT molecular complexity index is 579. The molecule has 2 heterocycles. The number of thioether (sulfide) groups is 1. The molecular weight excluding hydrogens is 300 g/mol. The second-order valence-electron chi connectivity index (χ2n) is 6.05. The minimum atomic E-state index is -1.03. The molecule has 2 aliphatic rings. The van der Waals surface area contributed by atoms with Crippen LogP contribution in [0.1, 0.15) is 53.0 Å². The van der Waals surface area contributed by atoms with Gasteiger partial charge in [-0.2, -0.15) is 11.8 Å². The predicted octanol–water partition coefficient (Wildman–Crippen LogP) is 2.67. The molecule has 3 rings (SSSR count). The molecule has 0 bridgehead atoms. The number of carbonyl (C=O) groups excluding carboxylic acids is 1. The Hall–Kier alpha value is -1.56. The van der Waals surface area contributed by atoms with Crippen LogP contribution in [0.2, 0.25) is 0 Å². The first-order valence-corrected chi connectivity index (χ1v) is 8.71. The first-order valence-electron chi connectivity index (χ1n) is 7.72. The molecule has 0 atom stereocenters. The number of amides is 1. The van der Waals surface area contributed by atoms with Crippen LogP contribution >= 0.6 is 11.8 Å². The lowest BCUT2D eigenvalue weighted by molar-refractivity contribution is 0.0696. The normalized spacial score (nSPS) is 20.8. The summed E-state index contributed by atoms with van der Waals surface area (Å²) in [7, 11) is 0. The molecule has 2 fully saturated rings. The fourth-order valence-electron chi connectivity index (χ4n) is 3.36. The van der Waals surface area contributed by atoms with Gasteiger partial charge < -0.3 is 10.0 Å². The first-order chi connectivity index (χ1) is 10.6. The van der Waals surface area contributed by atoms with Crippen molar-refractivity contribution in [2.24, 2.45) is 0 Å². The Kier molecular flexibility index (Phi) is 4.38. The summed E-state index contributed by atoms with van der Waals surface area (Å²) in [5.41, 5.74) is 0.342. The molecule has 22 heavy (non-hydrogen) atoms. The topological polar surface area (TPSA) is 70.5 Å². The molecule has 5 nitrogen and oxygen atoms in total. The summed E-state index contributed by atoms with van der Waals surface area (Å²) in [4.78, 5) is 29.6. The second-order valence-corrected chi connectivity index (χ2v) is 7.62. The maximum atomic E-state index is 12.7. The van der Waals surface area contributed by atoms with Crippen molar-refractivity contribution in [2.45, 2.75) is 36.9 Å². The van der Waals surface area contributed by atoms with Crippen LogP contribution in [0.15, 0.2) is 18.3 Å². The lowest BCUT2D eigenvalue weighted by atomic mass is 9.87. The average Bonchev–Trinajstić information content (AvgIpc) is 2.55. The van der Waals surface area contributed by atoms with Gasteiger partial charge in [0.25, 0.3) is 5.91 Å². The predicted molar refractivity (Wildman–Crippen MR) is 85.4 cm³/mol. The molecule has 1 saturated heterocycles. The summed E-state index contributed by atoms with van der Waals surface area (Å²) in [6, 6.07) is 2.79. The van der Waals surface area contributed by atoms with Gasteiger partial charge in [-0.15, -0.1) is 0 Å². The fourth-order valence-corrected chi connectivity index (χ4v) is 4.93. The zero-order valence-electron chi connectivity index (χ0n) is 12.5. The highest BCUT2D eigenvalue weighted by molar-refractivity contribution is 8.00. The molecule has 0 aromatic carbocycles. The quantitative estimate of drug-likeness (QED) is 0.907. The van der Waals surface area contributed by atoms with E-state index in [1.54, 1.807) is 0 Å². The molecule has 6 heteroatoms. The van der Waals surface area contributed by atoms with Crippen LogP contribution in [-0.2, 0) is 0 Å². The van der Waals surface area contributed by atoms with Crippen molar-refractivity contribution in [3.63, 3.8) is 0 Å². The van der Waals surface area contributed by atoms with E-state index in [0.717, 1.165) is 12.3 Å². The number of hydrogen-bond acceptors (Lipinski definition) is 4. The smallest absolute Gasteiger partial charge is 0.335 e. The Morgan fingerprint density at radius 2 is 2.05 bits per heavy atom. The Labute approximate surface area is 134 Å². The number of carbonyl (C=O) groups is 2. The van der Waals surface area contributed by atoms with Crippen LogP contribution < -0.4 is 0 Å². The Morgan fingerprint density at radius 1 is 1.27 bits per heavy atom. The van der Waals surface area contributed by atoms with Crippen molar-refractivity contribution in [3.05, 3.63) is 29.6 Å². The van der Waals surface area contributed by atoms with E-state index in [2.05, 4.69) is 4.98 Å². The summed E-state index contributed by atoms with van der Waals surface area (Å²) >= 11 is 2.00. The van der Waals surface area contributed by atoms with E-state index in [1.165, 1.54) is 50.4 Å². The molecule has 0 radical (unpaired) electrons. The van der Waals surface area contributed by atoms with Gasteiger partial charge in [-0.1, -0.05) is 19.3 Å². The van der Waals surface area contributed by atoms with Gasteiger partial charge in [-0.05, 0) is 25.0 Å². The lowest BCUT2D eigenvalue weighted by Gasteiger charge is -2.44. The van der Waals surface area contributed by atoms with Crippen molar-refractivity contribution in [1.29, 1.82) is 0 Å². The highest BCUT2D eigenvalue weighted by Gasteiger charge is 2.39. The van der Waals surface area contributed by atoms with E-state index in [1.807, 2.05) is 16.7 Å². The molecule has 1 spiro atoms. The van der Waals surface area contributed by atoms with Gasteiger partial charge >= 0.3 is 5.97 Å². The molecular formula is C16H20N2O3S. The molecule has 1 aliphatic carbocycles. The van der Waals surface area contributed by atoms with Crippen LogP contribution in [-0.4, -0.2) is 50.5 Å². The molecule has 1 aliphatic heterocycles. The Balaban J connectivity index is 1.76. The van der Waals surface area contributed by atoms with Crippen LogP contribution in [0.3, 0.4) is 0 Å². The van der Waals surface area contributed by atoms with Gasteiger partial charge in [0.15, 0.2) is 0 Å². The van der Waals surface area contributed by atoms with Gasteiger partial charge in [0.1, 0.15) is 5.69 Å². The van der Waals surface area contributed by atoms with Crippen molar-refractivity contribution in [2.75, 3.05) is 18.8 Å². The van der Waals surface area contributed by atoms with E-state index in [4.69, 9.17) is 5.11 Å². The molecule has 1 amide bonds. The van der Waals surface area contributed by atoms with Crippen LogP contribution in [0.25, 0.3) is 0 Å². The van der Waals surface area contributed by atoms with E-state index < -0.39 is 5.97 Å². The standard InChI is InChI=1S/C16H20N2O3S/c19-14(13-10-12(15(20)21)4-7-17-13)18-8-9-22-16(11-18)5-2-1-3-6-16/h4,7,10H,1-3,5-6,8-9,11H2,(H,20,21). The van der Waals surface area contributed by atoms with Crippen molar-refractivity contribution < 1.29 is 14.7 Å². The van der Waals surface area contributed by atoms with Crippen molar-refractivity contribution in [1.82, 2.24) is 9.88 Å². The minimum Gasteiger partial charge on any atom is -0.478 e. The molecule has 1 saturated carbocycles. The first kappa shape index (κ1) is 15.3. The van der Waals surface area contributed by atoms with Gasteiger partial charge in [-0.3, -0.25) is 9.78 Å². The third-order valence-corrected chi connectivity index (χ3v) is 6.06.